The van der Waals surface area contributed by atoms with Crippen molar-refractivity contribution in [2.45, 2.75) is 314 Å². The standard InChI is InChI=1S/C61H111NO10/c1-4-7-10-13-16-19-22-25-26-27-28-29-31-33-36-39-42-45-48-54(65)60(69)62-52(53(64)47-44-41-38-35-32-24-21-18-15-12-9-6-3)51-70-61-59(58(68)57(67)55(50-63)71-61)72-56(66)49-46-43-40-37-34-30-23-20-17-14-11-8-5-2/h25-26,30,34,40,43-44,47,52-55,57-59,61,63-65,67-68H,4-24,27-29,31-33,35-39,41-42,45-46,48-51H2,1-3H3,(H,62,69)/b26-25+,34-30-,43-40+,47-44+. The van der Waals surface area contributed by atoms with Crippen molar-refractivity contribution in [3.63, 3.8) is 0 Å². The van der Waals surface area contributed by atoms with Gasteiger partial charge in [0.05, 0.1) is 25.4 Å². The summed E-state index contributed by atoms with van der Waals surface area (Å²) in [7, 11) is 0. The lowest BCUT2D eigenvalue weighted by Gasteiger charge is -2.41. The fraction of sp³-hybridized carbons (Fsp3) is 0.836. The minimum atomic E-state index is -1.63. The molecule has 0 aromatic carbocycles. The highest BCUT2D eigenvalue weighted by atomic mass is 16.7. The fourth-order valence-corrected chi connectivity index (χ4v) is 9.17. The smallest absolute Gasteiger partial charge is 0.306 e. The van der Waals surface area contributed by atoms with Crippen LogP contribution < -0.4 is 5.32 Å². The Hall–Kier alpha value is -2.38. The highest BCUT2D eigenvalue weighted by Crippen LogP contribution is 2.26. The van der Waals surface area contributed by atoms with Crippen LogP contribution in [0.5, 0.6) is 0 Å². The molecule has 1 heterocycles. The van der Waals surface area contributed by atoms with E-state index in [0.29, 0.717) is 12.8 Å². The van der Waals surface area contributed by atoms with Crippen molar-refractivity contribution in [3.8, 4) is 0 Å². The van der Waals surface area contributed by atoms with Crippen LogP contribution in [0.3, 0.4) is 0 Å². The SMILES string of the molecule is CCCCCCCC/C=C\C/C=C/CCC(=O)OC1C(OCC(NC(=O)C(O)CCCCCCCCCC/C=C/CCCCCCCC)C(O)/C=C/CCCCCCCCCCCC)OC(CO)C(O)C1O. The molecule has 1 aliphatic heterocycles. The number of nitrogens with one attached hydrogen (secondary N) is 1. The van der Waals surface area contributed by atoms with Gasteiger partial charge in [0.25, 0.3) is 0 Å². The Morgan fingerprint density at radius 1 is 0.542 bits per heavy atom. The Labute approximate surface area is 440 Å². The predicted molar refractivity (Wildman–Crippen MR) is 297 cm³/mol. The molecule has 0 aliphatic carbocycles. The number of carbonyl (C=O) groups excluding carboxylic acids is 2. The highest BCUT2D eigenvalue weighted by Gasteiger charge is 2.47. The summed E-state index contributed by atoms with van der Waals surface area (Å²) in [6.07, 6.45) is 48.8. The van der Waals surface area contributed by atoms with Gasteiger partial charge < -0.3 is 45.1 Å². The third kappa shape index (κ3) is 37.4. The number of hydrogen-bond donors (Lipinski definition) is 6. The summed E-state index contributed by atoms with van der Waals surface area (Å²) in [5.74, 6) is -1.27. The number of aliphatic hydroxyl groups excluding tert-OH is 5. The molecule has 1 amide bonds. The van der Waals surface area contributed by atoms with Crippen molar-refractivity contribution in [1.82, 2.24) is 5.32 Å². The minimum Gasteiger partial charge on any atom is -0.454 e. The van der Waals surface area contributed by atoms with Gasteiger partial charge in [0, 0.05) is 6.42 Å². The lowest BCUT2D eigenvalue weighted by molar-refractivity contribution is -0.305. The molecule has 8 unspecified atom stereocenters. The zero-order valence-electron chi connectivity index (χ0n) is 46.3. The lowest BCUT2D eigenvalue weighted by atomic mass is 9.99. The van der Waals surface area contributed by atoms with Gasteiger partial charge in [0.1, 0.15) is 24.4 Å². The largest absolute Gasteiger partial charge is 0.454 e. The van der Waals surface area contributed by atoms with E-state index in [0.717, 1.165) is 57.8 Å². The summed E-state index contributed by atoms with van der Waals surface area (Å²) in [6.45, 7) is 5.74. The van der Waals surface area contributed by atoms with E-state index in [2.05, 4.69) is 50.4 Å². The summed E-state index contributed by atoms with van der Waals surface area (Å²) in [6, 6.07) is -1.03. The van der Waals surface area contributed by atoms with E-state index in [9.17, 15) is 35.1 Å². The van der Waals surface area contributed by atoms with Crippen LogP contribution in [0.25, 0.3) is 0 Å². The molecule has 8 atom stereocenters. The second-order valence-electron chi connectivity index (χ2n) is 20.7. The summed E-state index contributed by atoms with van der Waals surface area (Å²) in [5.41, 5.74) is 0. The zero-order chi connectivity index (χ0) is 52.5. The van der Waals surface area contributed by atoms with Crippen molar-refractivity contribution in [3.05, 3.63) is 48.6 Å². The van der Waals surface area contributed by atoms with Gasteiger partial charge in [0.15, 0.2) is 12.4 Å². The first-order chi connectivity index (χ1) is 35.2. The molecule has 0 spiro atoms. The third-order valence-electron chi connectivity index (χ3n) is 14.0. The van der Waals surface area contributed by atoms with E-state index in [1.165, 1.54) is 161 Å². The average Bonchev–Trinajstić information content (AvgIpc) is 3.38. The molecule has 11 heteroatoms. The van der Waals surface area contributed by atoms with Crippen LogP contribution in [0.4, 0.5) is 0 Å². The number of amides is 1. The fourth-order valence-electron chi connectivity index (χ4n) is 9.17. The monoisotopic (exact) mass is 1020 g/mol. The van der Waals surface area contributed by atoms with Crippen LogP contribution in [-0.2, 0) is 23.8 Å². The van der Waals surface area contributed by atoms with E-state index in [1.807, 2.05) is 18.2 Å². The first kappa shape index (κ1) is 67.6. The number of esters is 1. The van der Waals surface area contributed by atoms with Gasteiger partial charge in [-0.3, -0.25) is 9.59 Å². The van der Waals surface area contributed by atoms with Gasteiger partial charge in [0.2, 0.25) is 5.91 Å². The normalized spacial score (nSPS) is 19.8. The quantitative estimate of drug-likeness (QED) is 0.0195. The van der Waals surface area contributed by atoms with Gasteiger partial charge in [-0.25, -0.2) is 0 Å². The van der Waals surface area contributed by atoms with Gasteiger partial charge >= 0.3 is 5.97 Å². The van der Waals surface area contributed by atoms with E-state index in [4.69, 9.17) is 14.2 Å². The summed E-state index contributed by atoms with van der Waals surface area (Å²) < 4.78 is 17.5. The van der Waals surface area contributed by atoms with Gasteiger partial charge in [-0.1, -0.05) is 236 Å². The molecule has 0 aromatic rings. The molecule has 0 saturated carbocycles. The number of carbonyl (C=O) groups is 2. The Kier molecular flexibility index (Phi) is 46.5. The molecular formula is C61H111NO10. The number of aliphatic hydroxyl groups is 5. The molecule has 11 nitrogen and oxygen atoms in total. The van der Waals surface area contributed by atoms with Crippen LogP contribution >= 0.6 is 0 Å². The molecule has 72 heavy (non-hydrogen) atoms. The Bertz CT molecular complexity index is 1350. The molecule has 0 bridgehead atoms. The molecule has 1 rings (SSSR count). The number of rotatable bonds is 50. The highest BCUT2D eigenvalue weighted by molar-refractivity contribution is 5.80. The van der Waals surface area contributed by atoms with Crippen LogP contribution in [0.15, 0.2) is 48.6 Å². The molecule has 6 N–H and O–H groups in total. The molecule has 0 radical (unpaired) electrons. The van der Waals surface area contributed by atoms with Crippen LogP contribution in [0.1, 0.15) is 265 Å². The third-order valence-corrected chi connectivity index (χ3v) is 14.0. The van der Waals surface area contributed by atoms with Crippen LogP contribution in [0.2, 0.25) is 0 Å². The van der Waals surface area contributed by atoms with Gasteiger partial charge in [-0.2, -0.15) is 0 Å². The zero-order valence-corrected chi connectivity index (χ0v) is 46.3. The Balaban J connectivity index is 2.73. The van der Waals surface area contributed by atoms with E-state index >= 15 is 0 Å². The van der Waals surface area contributed by atoms with Crippen molar-refractivity contribution in [2.75, 3.05) is 13.2 Å². The maximum absolute atomic E-state index is 13.4. The molecule has 420 valence electrons. The first-order valence-electron chi connectivity index (χ1n) is 29.9. The topological polar surface area (TPSA) is 175 Å². The predicted octanol–water partition coefficient (Wildman–Crippen LogP) is 13.7. The molecule has 1 aliphatic rings. The second kappa shape index (κ2) is 49.5. The van der Waals surface area contributed by atoms with E-state index in [-0.39, 0.29) is 19.4 Å². The van der Waals surface area contributed by atoms with Crippen molar-refractivity contribution >= 4 is 11.9 Å². The number of ether oxygens (including phenoxy) is 3. The molecular weight excluding hydrogens is 907 g/mol. The van der Waals surface area contributed by atoms with Crippen molar-refractivity contribution in [2.24, 2.45) is 0 Å². The number of unbranched alkanes of at least 4 members (excludes halogenated alkanes) is 30. The summed E-state index contributed by atoms with van der Waals surface area (Å²) in [5, 5.41) is 56.8. The lowest BCUT2D eigenvalue weighted by Crippen LogP contribution is -2.61. The average molecular weight is 1020 g/mol. The minimum absolute atomic E-state index is 0.0179. The molecule has 1 saturated heterocycles. The maximum atomic E-state index is 13.4. The second-order valence-corrected chi connectivity index (χ2v) is 20.7. The Morgan fingerprint density at radius 3 is 1.43 bits per heavy atom. The van der Waals surface area contributed by atoms with Crippen molar-refractivity contribution < 1.29 is 49.3 Å². The van der Waals surface area contributed by atoms with E-state index < -0.39 is 67.4 Å². The molecule has 0 aromatic heterocycles. The first-order valence-corrected chi connectivity index (χ1v) is 29.9. The number of hydrogen-bond acceptors (Lipinski definition) is 10. The van der Waals surface area contributed by atoms with Gasteiger partial charge in [-0.05, 0) is 70.6 Å². The summed E-state index contributed by atoms with van der Waals surface area (Å²) >= 11 is 0. The summed E-state index contributed by atoms with van der Waals surface area (Å²) in [4.78, 5) is 26.4. The Morgan fingerprint density at radius 2 is 0.958 bits per heavy atom. The van der Waals surface area contributed by atoms with Gasteiger partial charge in [-0.15, -0.1) is 0 Å². The van der Waals surface area contributed by atoms with Crippen LogP contribution in [-0.4, -0.2) is 99.6 Å². The van der Waals surface area contributed by atoms with E-state index in [1.54, 1.807) is 6.08 Å². The van der Waals surface area contributed by atoms with Crippen molar-refractivity contribution in [1.29, 1.82) is 0 Å². The number of allylic oxidation sites excluding steroid dienone is 7. The molecule has 1 fully saturated rings. The van der Waals surface area contributed by atoms with Crippen LogP contribution in [0, 0.1) is 0 Å². The maximum Gasteiger partial charge on any atom is 0.306 e.